The number of amides is 1. The molecule has 2 atom stereocenters. The summed E-state index contributed by atoms with van der Waals surface area (Å²) in [5.41, 5.74) is 9.79. The van der Waals surface area contributed by atoms with E-state index in [0.29, 0.717) is 45.8 Å². The Kier molecular flexibility index (Phi) is 5.67. The summed E-state index contributed by atoms with van der Waals surface area (Å²) in [4.78, 5) is 27.1. The lowest BCUT2D eigenvalue weighted by molar-refractivity contribution is -0.125. The van der Waals surface area contributed by atoms with E-state index < -0.39 is 0 Å². The van der Waals surface area contributed by atoms with Gasteiger partial charge in [-0.15, -0.1) is 0 Å². The smallest absolute Gasteiger partial charge is 0.245 e. The molecule has 1 aliphatic carbocycles. The van der Waals surface area contributed by atoms with Crippen LogP contribution < -0.4 is 11.1 Å². The molecule has 9 nitrogen and oxygen atoms in total. The van der Waals surface area contributed by atoms with Crippen LogP contribution in [0, 0.1) is 17.2 Å². The monoisotopic (exact) mass is 493 g/mol. The predicted molar refractivity (Wildman–Crippen MR) is 142 cm³/mol. The molecule has 3 heterocycles. The van der Waals surface area contributed by atoms with Gasteiger partial charge in [-0.1, -0.05) is 24.8 Å². The van der Waals surface area contributed by atoms with Crippen LogP contribution in [0.3, 0.4) is 0 Å². The van der Waals surface area contributed by atoms with E-state index in [2.05, 4.69) is 26.8 Å². The number of nitrogens with zero attached hydrogens (tertiary/aromatic N) is 4. The zero-order chi connectivity index (χ0) is 25.5. The van der Waals surface area contributed by atoms with Crippen molar-refractivity contribution >= 4 is 34.4 Å². The maximum atomic E-state index is 12.0. The van der Waals surface area contributed by atoms with E-state index in [9.17, 15) is 4.79 Å². The minimum absolute atomic E-state index is 0.00168. The zero-order valence-electron chi connectivity index (χ0n) is 20.2. The van der Waals surface area contributed by atoms with Crippen LogP contribution in [-0.2, 0) is 4.79 Å². The van der Waals surface area contributed by atoms with Gasteiger partial charge in [0.1, 0.15) is 23.5 Å². The highest BCUT2D eigenvalue weighted by molar-refractivity contribution is 6.17. The molecule has 2 unspecified atom stereocenters. The van der Waals surface area contributed by atoms with Crippen molar-refractivity contribution in [3.63, 3.8) is 0 Å². The molecule has 1 aliphatic heterocycles. The number of benzene rings is 2. The molecule has 186 valence electrons. The molecular weight excluding hydrogens is 466 g/mol. The van der Waals surface area contributed by atoms with Gasteiger partial charge in [-0.25, -0.2) is 15.0 Å². The van der Waals surface area contributed by atoms with E-state index in [1.54, 1.807) is 0 Å². The third-order valence-corrected chi connectivity index (χ3v) is 7.40. The molecule has 0 radical (unpaired) electrons. The Morgan fingerprint density at radius 3 is 2.62 bits per heavy atom. The van der Waals surface area contributed by atoms with Crippen molar-refractivity contribution in [1.82, 2.24) is 19.9 Å². The van der Waals surface area contributed by atoms with Gasteiger partial charge in [0, 0.05) is 30.3 Å². The Labute approximate surface area is 213 Å². The molecule has 4 aromatic rings. The van der Waals surface area contributed by atoms with Crippen LogP contribution in [0.4, 0.5) is 11.6 Å². The van der Waals surface area contributed by atoms with E-state index in [1.807, 2.05) is 53.4 Å². The lowest BCUT2D eigenvalue weighted by atomic mass is 10.0. The van der Waals surface area contributed by atoms with Crippen molar-refractivity contribution < 1.29 is 9.21 Å². The van der Waals surface area contributed by atoms with Gasteiger partial charge in [-0.3, -0.25) is 10.2 Å². The molecule has 9 heteroatoms. The number of carbonyl (C=O) groups is 1. The Balaban J connectivity index is 1.23. The van der Waals surface area contributed by atoms with Gasteiger partial charge in [0.15, 0.2) is 5.58 Å². The molecule has 37 heavy (non-hydrogen) atoms. The van der Waals surface area contributed by atoms with E-state index in [1.165, 1.54) is 12.4 Å². The summed E-state index contributed by atoms with van der Waals surface area (Å²) in [6, 6.07) is 15.4. The summed E-state index contributed by atoms with van der Waals surface area (Å²) in [5.74, 6) is 2.21. The summed E-state index contributed by atoms with van der Waals surface area (Å²) < 4.78 is 5.92. The molecule has 6 rings (SSSR count). The third-order valence-electron chi connectivity index (χ3n) is 7.40. The zero-order valence-corrected chi connectivity index (χ0v) is 20.2. The van der Waals surface area contributed by atoms with Crippen molar-refractivity contribution in [3.05, 3.63) is 78.6 Å². The van der Waals surface area contributed by atoms with Crippen LogP contribution in [0.15, 0.2) is 71.9 Å². The van der Waals surface area contributed by atoms with Crippen LogP contribution >= 0.6 is 0 Å². The highest BCUT2D eigenvalue weighted by Crippen LogP contribution is 2.40. The van der Waals surface area contributed by atoms with Crippen molar-refractivity contribution in [2.75, 3.05) is 24.1 Å². The number of rotatable bonds is 6. The fraction of sp³-hybridized carbons (Fsp3) is 0.250. The first-order chi connectivity index (χ1) is 18.0. The van der Waals surface area contributed by atoms with Crippen molar-refractivity contribution in [3.8, 4) is 11.5 Å². The number of hydrogen-bond donors (Lipinski definition) is 3. The largest absolute Gasteiger partial charge is 0.436 e. The molecule has 4 N–H and O–H groups in total. The molecule has 1 saturated carbocycles. The standard InChI is InChI=1S/C28H27N7O2/c1-2-23(36)35-13-18-10-20(11-19(18)14-35)33-27-24(26(30)31-15-32-27)25(29)17-8-9-22-21(12-17)34-28(37-22)16-6-4-3-5-7-16/h2-9,12,15,18-20,29H,1,10-11,13-14H2,(H3,30,31,32,33). The fourth-order valence-electron chi connectivity index (χ4n) is 5.61. The van der Waals surface area contributed by atoms with E-state index in [0.717, 1.165) is 31.5 Å². The number of oxazole rings is 1. The predicted octanol–water partition coefficient (Wildman–Crippen LogP) is 4.12. The van der Waals surface area contributed by atoms with Crippen LogP contribution in [0.25, 0.3) is 22.6 Å². The van der Waals surface area contributed by atoms with Gasteiger partial charge in [0.25, 0.3) is 0 Å². The lowest BCUT2D eigenvalue weighted by Gasteiger charge is -2.20. The van der Waals surface area contributed by atoms with Crippen molar-refractivity contribution in [1.29, 1.82) is 5.41 Å². The number of nitrogens with two attached hydrogens (primary N) is 1. The number of nitrogen functional groups attached to an aromatic ring is 1. The van der Waals surface area contributed by atoms with E-state index in [-0.39, 0.29) is 23.5 Å². The molecular formula is C28H27N7O2. The number of likely N-dealkylation sites (tertiary alicyclic amines) is 1. The average molecular weight is 494 g/mol. The van der Waals surface area contributed by atoms with Crippen LogP contribution in [-0.4, -0.2) is 50.6 Å². The van der Waals surface area contributed by atoms with E-state index >= 15 is 0 Å². The minimum atomic E-state index is -0.00168. The van der Waals surface area contributed by atoms with Gasteiger partial charge in [-0.2, -0.15) is 0 Å². The second kappa shape index (κ2) is 9.16. The first-order valence-electron chi connectivity index (χ1n) is 12.3. The molecule has 1 saturated heterocycles. The maximum absolute atomic E-state index is 12.0. The molecule has 2 aromatic heterocycles. The number of aromatic nitrogens is 3. The Morgan fingerprint density at radius 1 is 1.14 bits per heavy atom. The summed E-state index contributed by atoms with van der Waals surface area (Å²) >= 11 is 0. The Hall–Kier alpha value is -4.53. The van der Waals surface area contributed by atoms with Gasteiger partial charge in [0.2, 0.25) is 11.8 Å². The number of fused-ring (bicyclic) bond motifs is 2. The molecule has 2 fully saturated rings. The number of carbonyl (C=O) groups excluding carboxylic acids is 1. The Bertz CT molecular complexity index is 1500. The normalized spacial score (nSPS) is 20.6. The van der Waals surface area contributed by atoms with Gasteiger partial charge < -0.3 is 20.4 Å². The first-order valence-corrected chi connectivity index (χ1v) is 12.3. The van der Waals surface area contributed by atoms with Gasteiger partial charge in [-0.05, 0) is 61.1 Å². The van der Waals surface area contributed by atoms with Gasteiger partial charge in [0.05, 0.1) is 11.3 Å². The highest BCUT2D eigenvalue weighted by Gasteiger charge is 2.42. The average Bonchev–Trinajstić information content (AvgIpc) is 3.61. The van der Waals surface area contributed by atoms with Crippen LogP contribution in [0.2, 0.25) is 0 Å². The van der Waals surface area contributed by atoms with E-state index in [4.69, 9.17) is 15.6 Å². The molecule has 0 spiro atoms. The van der Waals surface area contributed by atoms with Gasteiger partial charge >= 0.3 is 0 Å². The summed E-state index contributed by atoms with van der Waals surface area (Å²) in [6.45, 7) is 5.11. The topological polar surface area (TPSA) is 134 Å². The third kappa shape index (κ3) is 4.22. The quantitative estimate of drug-likeness (QED) is 0.272. The summed E-state index contributed by atoms with van der Waals surface area (Å²) in [5, 5.41) is 12.5. The van der Waals surface area contributed by atoms with Crippen LogP contribution in [0.5, 0.6) is 0 Å². The minimum Gasteiger partial charge on any atom is -0.436 e. The lowest BCUT2D eigenvalue weighted by Crippen LogP contribution is -2.30. The number of nitrogens with one attached hydrogen (secondary N) is 2. The molecule has 0 bridgehead atoms. The fourth-order valence-corrected chi connectivity index (χ4v) is 5.61. The molecule has 2 aliphatic rings. The van der Waals surface area contributed by atoms with Crippen LogP contribution in [0.1, 0.15) is 24.0 Å². The molecule has 1 amide bonds. The second-order valence-corrected chi connectivity index (χ2v) is 9.71. The number of hydrogen-bond acceptors (Lipinski definition) is 8. The van der Waals surface area contributed by atoms with Crippen molar-refractivity contribution in [2.24, 2.45) is 11.8 Å². The summed E-state index contributed by atoms with van der Waals surface area (Å²) in [7, 11) is 0. The molecule has 2 aromatic carbocycles. The summed E-state index contributed by atoms with van der Waals surface area (Å²) in [6.07, 6.45) is 4.66. The number of anilines is 2. The van der Waals surface area contributed by atoms with Crippen molar-refractivity contribution in [2.45, 2.75) is 18.9 Å². The highest BCUT2D eigenvalue weighted by atomic mass is 16.3. The second-order valence-electron chi connectivity index (χ2n) is 9.71. The first kappa shape index (κ1) is 22.9. The Morgan fingerprint density at radius 2 is 1.89 bits per heavy atom. The SMILES string of the molecule is C=CC(=O)N1CC2CC(Nc3ncnc(N)c3C(=N)c3ccc4oc(-c5ccccc5)nc4c3)CC2C1. The maximum Gasteiger partial charge on any atom is 0.245 e.